The minimum absolute atomic E-state index is 0. The van der Waals surface area contributed by atoms with E-state index < -0.39 is 0 Å². The zero-order chi connectivity index (χ0) is 19.8. The van der Waals surface area contributed by atoms with Gasteiger partial charge in [0, 0.05) is 33.2 Å². The summed E-state index contributed by atoms with van der Waals surface area (Å²) in [5.41, 5.74) is 1.16. The SMILES string of the molecule is CCCOc1cccc(CNC(=NC)NC2CCc3nc(COC)nn3C2)c1.I. The fourth-order valence-electron chi connectivity index (χ4n) is 3.21. The van der Waals surface area contributed by atoms with E-state index in [0.29, 0.717) is 13.2 Å². The molecule has 1 aromatic heterocycles. The van der Waals surface area contributed by atoms with Crippen molar-refractivity contribution in [3.05, 3.63) is 41.5 Å². The first-order valence-corrected chi connectivity index (χ1v) is 9.82. The summed E-state index contributed by atoms with van der Waals surface area (Å²) in [5, 5.41) is 11.4. The maximum absolute atomic E-state index is 5.70. The van der Waals surface area contributed by atoms with Crippen LogP contribution in [0.3, 0.4) is 0 Å². The Balaban J connectivity index is 0.00000300. The molecule has 0 saturated carbocycles. The molecule has 1 aromatic carbocycles. The molecule has 2 heterocycles. The van der Waals surface area contributed by atoms with Gasteiger partial charge in [-0.3, -0.25) is 4.99 Å². The van der Waals surface area contributed by atoms with Gasteiger partial charge >= 0.3 is 0 Å². The van der Waals surface area contributed by atoms with E-state index in [0.717, 1.165) is 61.3 Å². The molecule has 2 N–H and O–H groups in total. The second-order valence-electron chi connectivity index (χ2n) is 6.86. The topological polar surface area (TPSA) is 85.6 Å². The zero-order valence-corrected chi connectivity index (χ0v) is 19.7. The van der Waals surface area contributed by atoms with Gasteiger partial charge in [0.15, 0.2) is 11.8 Å². The van der Waals surface area contributed by atoms with Crippen molar-refractivity contribution in [3.8, 4) is 5.75 Å². The Labute approximate surface area is 189 Å². The molecule has 2 aromatic rings. The van der Waals surface area contributed by atoms with Crippen LogP contribution < -0.4 is 15.4 Å². The monoisotopic (exact) mass is 514 g/mol. The van der Waals surface area contributed by atoms with Crippen molar-refractivity contribution in [3.63, 3.8) is 0 Å². The summed E-state index contributed by atoms with van der Waals surface area (Å²) in [5.74, 6) is 3.45. The summed E-state index contributed by atoms with van der Waals surface area (Å²) in [6.07, 6.45) is 2.88. The maximum atomic E-state index is 5.70. The summed E-state index contributed by atoms with van der Waals surface area (Å²) in [7, 11) is 3.45. The summed E-state index contributed by atoms with van der Waals surface area (Å²) in [6.45, 7) is 4.74. The predicted octanol–water partition coefficient (Wildman–Crippen LogP) is 2.51. The molecule has 0 saturated heterocycles. The van der Waals surface area contributed by atoms with Gasteiger partial charge in [0.25, 0.3) is 0 Å². The molecule has 0 amide bonds. The highest BCUT2D eigenvalue weighted by Crippen LogP contribution is 2.15. The van der Waals surface area contributed by atoms with Crippen LogP contribution in [0, 0.1) is 0 Å². The lowest BCUT2D eigenvalue weighted by molar-refractivity contribution is 0.177. The van der Waals surface area contributed by atoms with Crippen LogP contribution in [0.15, 0.2) is 29.3 Å². The summed E-state index contributed by atoms with van der Waals surface area (Å²) in [4.78, 5) is 8.88. The minimum Gasteiger partial charge on any atom is -0.494 e. The van der Waals surface area contributed by atoms with Crippen LogP contribution in [0.5, 0.6) is 5.75 Å². The Kier molecular flexibility index (Phi) is 9.65. The third-order valence-corrected chi connectivity index (χ3v) is 4.57. The molecule has 0 aliphatic carbocycles. The van der Waals surface area contributed by atoms with Gasteiger partial charge in [0.05, 0.1) is 13.2 Å². The van der Waals surface area contributed by atoms with Gasteiger partial charge in [0.2, 0.25) is 0 Å². The highest BCUT2D eigenvalue weighted by Gasteiger charge is 2.22. The highest BCUT2D eigenvalue weighted by atomic mass is 127. The average molecular weight is 514 g/mol. The maximum Gasteiger partial charge on any atom is 0.191 e. The van der Waals surface area contributed by atoms with Crippen molar-refractivity contribution in [2.24, 2.45) is 4.99 Å². The number of aliphatic imine (C=N–C) groups is 1. The van der Waals surface area contributed by atoms with Gasteiger partial charge in [-0.1, -0.05) is 19.1 Å². The fraction of sp³-hybridized carbons (Fsp3) is 0.550. The normalized spacial score (nSPS) is 16.0. The smallest absolute Gasteiger partial charge is 0.191 e. The number of benzene rings is 1. The number of fused-ring (bicyclic) bond motifs is 1. The lowest BCUT2D eigenvalue weighted by Crippen LogP contribution is -2.46. The first-order chi connectivity index (χ1) is 13.7. The third kappa shape index (κ3) is 6.84. The van der Waals surface area contributed by atoms with E-state index in [4.69, 9.17) is 9.47 Å². The van der Waals surface area contributed by atoms with Gasteiger partial charge in [-0.2, -0.15) is 5.10 Å². The Morgan fingerprint density at radius 3 is 3.00 bits per heavy atom. The van der Waals surface area contributed by atoms with E-state index in [-0.39, 0.29) is 30.0 Å². The Bertz CT molecular complexity index is 795. The molecular formula is C20H31IN6O2. The number of hydrogen-bond donors (Lipinski definition) is 2. The molecule has 29 heavy (non-hydrogen) atoms. The van der Waals surface area contributed by atoms with Crippen molar-refractivity contribution in [2.45, 2.75) is 51.9 Å². The standard InChI is InChI=1S/C20H30N6O2.HI/c1-4-10-28-17-7-5-6-15(11-17)12-22-20(21-2)23-16-8-9-19-24-18(14-27-3)25-26(19)13-16;/h5-7,11,16H,4,8-10,12-14H2,1-3H3,(H2,21,22,23);1H. The number of guanidine groups is 1. The Morgan fingerprint density at radius 1 is 1.38 bits per heavy atom. The molecule has 0 spiro atoms. The van der Waals surface area contributed by atoms with Crippen LogP contribution in [0.25, 0.3) is 0 Å². The quantitative estimate of drug-likeness (QED) is 0.320. The van der Waals surface area contributed by atoms with Crippen molar-refractivity contribution in [1.29, 1.82) is 0 Å². The van der Waals surface area contributed by atoms with Crippen LogP contribution in [0.4, 0.5) is 0 Å². The van der Waals surface area contributed by atoms with Gasteiger partial charge in [-0.25, -0.2) is 9.67 Å². The lowest BCUT2D eigenvalue weighted by atomic mass is 10.1. The second kappa shape index (κ2) is 12.0. The number of aromatic nitrogens is 3. The number of halogens is 1. The average Bonchev–Trinajstić information content (AvgIpc) is 3.11. The summed E-state index contributed by atoms with van der Waals surface area (Å²) >= 11 is 0. The molecule has 0 bridgehead atoms. The van der Waals surface area contributed by atoms with Crippen molar-refractivity contribution in [2.75, 3.05) is 20.8 Å². The van der Waals surface area contributed by atoms with E-state index in [9.17, 15) is 0 Å². The van der Waals surface area contributed by atoms with Crippen LogP contribution in [-0.2, 0) is 30.9 Å². The molecular weight excluding hydrogens is 483 g/mol. The van der Waals surface area contributed by atoms with Gasteiger partial charge in [-0.05, 0) is 30.5 Å². The highest BCUT2D eigenvalue weighted by molar-refractivity contribution is 14.0. The number of nitrogens with zero attached hydrogens (tertiary/aromatic N) is 4. The van der Waals surface area contributed by atoms with Gasteiger partial charge in [-0.15, -0.1) is 24.0 Å². The number of rotatable bonds is 8. The number of aryl methyl sites for hydroxylation is 1. The molecule has 1 aliphatic rings. The van der Waals surface area contributed by atoms with E-state index in [1.165, 1.54) is 0 Å². The van der Waals surface area contributed by atoms with Gasteiger partial charge in [0.1, 0.15) is 18.2 Å². The Morgan fingerprint density at radius 2 is 2.24 bits per heavy atom. The van der Waals surface area contributed by atoms with Crippen LogP contribution in [0.2, 0.25) is 0 Å². The van der Waals surface area contributed by atoms with Crippen LogP contribution >= 0.6 is 24.0 Å². The van der Waals surface area contributed by atoms with Gasteiger partial charge < -0.3 is 20.1 Å². The molecule has 160 valence electrons. The van der Waals surface area contributed by atoms with E-state index in [2.05, 4.69) is 44.8 Å². The fourth-order valence-corrected chi connectivity index (χ4v) is 3.21. The first-order valence-electron chi connectivity index (χ1n) is 9.82. The lowest BCUT2D eigenvalue weighted by Gasteiger charge is -2.25. The van der Waals surface area contributed by atoms with Crippen LogP contribution in [0.1, 0.15) is 37.0 Å². The molecule has 1 aliphatic heterocycles. The number of hydrogen-bond acceptors (Lipinski definition) is 5. The minimum atomic E-state index is 0. The number of ether oxygens (including phenoxy) is 2. The summed E-state index contributed by atoms with van der Waals surface area (Å²) < 4.78 is 12.8. The first kappa shape index (κ1) is 23.4. The van der Waals surface area contributed by atoms with E-state index in [1.54, 1.807) is 14.2 Å². The molecule has 0 radical (unpaired) electrons. The third-order valence-electron chi connectivity index (χ3n) is 4.57. The Hall–Kier alpha value is -1.88. The molecule has 3 rings (SSSR count). The molecule has 8 nitrogen and oxygen atoms in total. The number of methoxy groups -OCH3 is 1. The molecule has 9 heteroatoms. The number of nitrogens with one attached hydrogen (secondary N) is 2. The second-order valence-corrected chi connectivity index (χ2v) is 6.86. The van der Waals surface area contributed by atoms with Crippen molar-refractivity contribution in [1.82, 2.24) is 25.4 Å². The molecule has 1 unspecified atom stereocenters. The van der Waals surface area contributed by atoms with Crippen LogP contribution in [-0.4, -0.2) is 47.5 Å². The molecule has 1 atom stereocenters. The zero-order valence-electron chi connectivity index (χ0n) is 17.4. The molecule has 0 fully saturated rings. The van der Waals surface area contributed by atoms with Crippen molar-refractivity contribution >= 4 is 29.9 Å². The van der Waals surface area contributed by atoms with E-state index >= 15 is 0 Å². The largest absolute Gasteiger partial charge is 0.494 e. The predicted molar refractivity (Wildman–Crippen MR) is 124 cm³/mol. The van der Waals surface area contributed by atoms with Crippen molar-refractivity contribution < 1.29 is 9.47 Å². The van der Waals surface area contributed by atoms with E-state index in [1.807, 2.05) is 16.8 Å². The summed E-state index contributed by atoms with van der Waals surface area (Å²) in [6, 6.07) is 8.41.